The van der Waals surface area contributed by atoms with E-state index in [1.165, 1.54) is 0 Å². The minimum Gasteiger partial charge on any atom is -0.350 e. The summed E-state index contributed by atoms with van der Waals surface area (Å²) in [6.07, 6.45) is 4.05. The van der Waals surface area contributed by atoms with Crippen LogP contribution < -0.4 is 10.0 Å². The van der Waals surface area contributed by atoms with E-state index < -0.39 is 16.1 Å². The standard InChI is InChI=1S/C31H42N4O5S/c1-7-9-10-15-28(36)35(6)29(21(3)8-2)30(37)32-20-24-16-18-25(19-17-24)26-13-11-12-14-27(26)41(38,39)34-31-22(4)23(5)33-40-31/h11-14,16-19,21,29,34H,7-10,15,20H2,1-6H3,(H,32,37)/t21-,29-/m0/s1. The number of hydrogen-bond acceptors (Lipinski definition) is 6. The fourth-order valence-electron chi connectivity index (χ4n) is 4.62. The van der Waals surface area contributed by atoms with E-state index >= 15 is 0 Å². The number of aryl methyl sites for hydroxylation is 1. The van der Waals surface area contributed by atoms with Crippen molar-refractivity contribution in [1.82, 2.24) is 15.4 Å². The first-order valence-electron chi connectivity index (χ1n) is 14.2. The van der Waals surface area contributed by atoms with Crippen LogP contribution in [0.1, 0.15) is 69.7 Å². The molecular weight excluding hydrogens is 540 g/mol. The van der Waals surface area contributed by atoms with Crippen molar-refractivity contribution in [1.29, 1.82) is 0 Å². The van der Waals surface area contributed by atoms with Crippen molar-refractivity contribution < 1.29 is 22.5 Å². The van der Waals surface area contributed by atoms with E-state index in [1.807, 2.05) is 38.1 Å². The van der Waals surface area contributed by atoms with E-state index in [0.29, 0.717) is 28.8 Å². The Labute approximate surface area is 243 Å². The van der Waals surface area contributed by atoms with E-state index in [1.54, 1.807) is 50.1 Å². The third kappa shape index (κ3) is 7.97. The molecule has 0 fully saturated rings. The number of likely N-dealkylation sites (N-methyl/N-ethyl adjacent to an activating group) is 1. The fourth-order valence-corrected chi connectivity index (χ4v) is 5.90. The fraction of sp³-hybridized carbons (Fsp3) is 0.452. The SMILES string of the molecule is CCCCCC(=O)N(C)[C@H](C(=O)NCc1ccc(-c2ccccc2S(=O)(=O)Nc2onc(C)c2C)cc1)[C@@H](C)CC. The van der Waals surface area contributed by atoms with Gasteiger partial charge in [-0.05, 0) is 43.4 Å². The highest BCUT2D eigenvalue weighted by molar-refractivity contribution is 7.92. The van der Waals surface area contributed by atoms with E-state index in [0.717, 1.165) is 31.2 Å². The zero-order valence-corrected chi connectivity index (χ0v) is 25.7. The Morgan fingerprint density at radius 1 is 1.02 bits per heavy atom. The van der Waals surface area contributed by atoms with Gasteiger partial charge in [-0.1, -0.05) is 87.7 Å². The lowest BCUT2D eigenvalue weighted by Crippen LogP contribution is -2.50. The number of nitrogens with one attached hydrogen (secondary N) is 2. The van der Waals surface area contributed by atoms with Gasteiger partial charge in [-0.2, -0.15) is 0 Å². The van der Waals surface area contributed by atoms with Gasteiger partial charge in [0.05, 0.1) is 10.6 Å². The van der Waals surface area contributed by atoms with Crippen LogP contribution in [-0.2, 0) is 26.2 Å². The molecule has 3 aromatic rings. The number of nitrogens with zero attached hydrogens (tertiary/aromatic N) is 2. The number of rotatable bonds is 14. The Bertz CT molecular complexity index is 1430. The van der Waals surface area contributed by atoms with Crippen LogP contribution in [0, 0.1) is 19.8 Å². The van der Waals surface area contributed by atoms with Gasteiger partial charge in [-0.3, -0.25) is 9.59 Å². The molecule has 0 aliphatic heterocycles. The first-order valence-corrected chi connectivity index (χ1v) is 15.7. The molecule has 3 rings (SSSR count). The summed E-state index contributed by atoms with van der Waals surface area (Å²) in [5, 5.41) is 6.81. The molecule has 0 unspecified atom stereocenters. The Morgan fingerprint density at radius 3 is 2.32 bits per heavy atom. The summed E-state index contributed by atoms with van der Waals surface area (Å²) in [5.41, 5.74) is 3.33. The molecule has 0 aliphatic rings. The van der Waals surface area contributed by atoms with Crippen LogP contribution in [0.4, 0.5) is 5.88 Å². The molecule has 0 aliphatic carbocycles. The summed E-state index contributed by atoms with van der Waals surface area (Å²) in [6, 6.07) is 13.6. The molecule has 2 aromatic carbocycles. The van der Waals surface area contributed by atoms with Crippen molar-refractivity contribution in [3.8, 4) is 11.1 Å². The summed E-state index contributed by atoms with van der Waals surface area (Å²) in [5.74, 6) is -0.100. The first kappa shape index (κ1) is 31.9. The topological polar surface area (TPSA) is 122 Å². The van der Waals surface area contributed by atoms with E-state index in [-0.39, 0.29) is 35.1 Å². The highest BCUT2D eigenvalue weighted by Crippen LogP contribution is 2.30. The number of carbonyl (C=O) groups is 2. The lowest BCUT2D eigenvalue weighted by Gasteiger charge is -2.31. The summed E-state index contributed by atoms with van der Waals surface area (Å²) in [7, 11) is -2.24. The van der Waals surface area contributed by atoms with Gasteiger partial charge in [-0.15, -0.1) is 0 Å². The number of aromatic nitrogens is 1. The summed E-state index contributed by atoms with van der Waals surface area (Å²) in [4.78, 5) is 27.7. The van der Waals surface area contributed by atoms with Crippen LogP contribution >= 0.6 is 0 Å². The molecule has 1 heterocycles. The first-order chi connectivity index (χ1) is 19.5. The minimum atomic E-state index is -3.95. The maximum Gasteiger partial charge on any atom is 0.264 e. The molecule has 0 radical (unpaired) electrons. The lowest BCUT2D eigenvalue weighted by atomic mass is 9.96. The van der Waals surface area contributed by atoms with E-state index in [4.69, 9.17) is 4.52 Å². The Morgan fingerprint density at radius 2 is 1.71 bits per heavy atom. The Balaban J connectivity index is 1.73. The van der Waals surface area contributed by atoms with Crippen LogP contribution in [0.3, 0.4) is 0 Å². The van der Waals surface area contributed by atoms with Gasteiger partial charge in [-0.25, -0.2) is 13.1 Å². The number of unbranched alkanes of at least 4 members (excludes halogenated alkanes) is 2. The van der Waals surface area contributed by atoms with Crippen LogP contribution in [-0.4, -0.2) is 43.4 Å². The molecule has 9 nitrogen and oxygen atoms in total. The van der Waals surface area contributed by atoms with Crippen LogP contribution in [0.25, 0.3) is 11.1 Å². The van der Waals surface area contributed by atoms with Crippen molar-refractivity contribution in [3.63, 3.8) is 0 Å². The summed E-state index contributed by atoms with van der Waals surface area (Å²) >= 11 is 0. The highest BCUT2D eigenvalue weighted by Gasteiger charge is 2.30. The quantitative estimate of drug-likeness (QED) is 0.231. The molecule has 0 saturated heterocycles. The normalized spacial score (nSPS) is 12.9. The molecule has 41 heavy (non-hydrogen) atoms. The Kier molecular flexibility index (Phi) is 11.1. The highest BCUT2D eigenvalue weighted by atomic mass is 32.2. The second-order valence-electron chi connectivity index (χ2n) is 10.5. The molecular formula is C31H42N4O5S. The van der Waals surface area contributed by atoms with Gasteiger partial charge in [0.25, 0.3) is 10.0 Å². The monoisotopic (exact) mass is 582 g/mol. The molecule has 2 amide bonds. The van der Waals surface area contributed by atoms with Gasteiger partial charge in [0.2, 0.25) is 17.7 Å². The number of carbonyl (C=O) groups excluding carboxylic acids is 2. The van der Waals surface area contributed by atoms with Gasteiger partial charge < -0.3 is 14.7 Å². The number of sulfonamides is 1. The summed E-state index contributed by atoms with van der Waals surface area (Å²) < 4.78 is 34.1. The van der Waals surface area contributed by atoms with Gasteiger partial charge in [0, 0.05) is 31.1 Å². The molecule has 2 atom stereocenters. The molecule has 0 saturated carbocycles. The van der Waals surface area contributed by atoms with Crippen molar-refractivity contribution in [2.75, 3.05) is 11.8 Å². The number of benzene rings is 2. The second-order valence-corrected chi connectivity index (χ2v) is 12.2. The smallest absolute Gasteiger partial charge is 0.264 e. The van der Waals surface area contributed by atoms with Gasteiger partial charge in [0.15, 0.2) is 0 Å². The van der Waals surface area contributed by atoms with Crippen molar-refractivity contribution in [2.24, 2.45) is 5.92 Å². The predicted molar refractivity (Wildman–Crippen MR) is 161 cm³/mol. The Hall–Kier alpha value is -3.66. The van der Waals surface area contributed by atoms with Crippen LogP contribution in [0.2, 0.25) is 0 Å². The number of amides is 2. The molecule has 10 heteroatoms. The number of hydrogen-bond donors (Lipinski definition) is 2. The van der Waals surface area contributed by atoms with Crippen molar-refractivity contribution in [2.45, 2.75) is 84.2 Å². The third-order valence-electron chi connectivity index (χ3n) is 7.55. The molecule has 1 aromatic heterocycles. The van der Waals surface area contributed by atoms with Crippen LogP contribution in [0.5, 0.6) is 0 Å². The average Bonchev–Trinajstić information content (AvgIpc) is 3.28. The maximum absolute atomic E-state index is 13.2. The lowest BCUT2D eigenvalue weighted by molar-refractivity contribution is -0.141. The molecule has 222 valence electrons. The van der Waals surface area contributed by atoms with E-state index in [9.17, 15) is 18.0 Å². The van der Waals surface area contributed by atoms with Gasteiger partial charge >= 0.3 is 0 Å². The zero-order valence-electron chi connectivity index (χ0n) is 24.9. The minimum absolute atomic E-state index is 0.00854. The third-order valence-corrected chi connectivity index (χ3v) is 8.94. The van der Waals surface area contributed by atoms with Crippen molar-refractivity contribution >= 4 is 27.7 Å². The largest absolute Gasteiger partial charge is 0.350 e. The van der Waals surface area contributed by atoms with E-state index in [2.05, 4.69) is 22.1 Å². The zero-order chi connectivity index (χ0) is 30.2. The number of anilines is 1. The predicted octanol–water partition coefficient (Wildman–Crippen LogP) is 5.83. The van der Waals surface area contributed by atoms with Crippen molar-refractivity contribution in [3.05, 3.63) is 65.4 Å². The second kappa shape index (κ2) is 14.3. The average molecular weight is 583 g/mol. The summed E-state index contributed by atoms with van der Waals surface area (Å²) in [6.45, 7) is 9.86. The molecule has 0 spiro atoms. The molecule has 0 bridgehead atoms. The molecule has 2 N–H and O–H groups in total. The van der Waals surface area contributed by atoms with Crippen LogP contribution in [0.15, 0.2) is 57.9 Å². The van der Waals surface area contributed by atoms with Gasteiger partial charge in [0.1, 0.15) is 6.04 Å². The maximum atomic E-state index is 13.2.